The van der Waals surface area contributed by atoms with E-state index >= 15 is 0 Å². The molecule has 1 aliphatic rings. The van der Waals surface area contributed by atoms with Gasteiger partial charge in [-0.15, -0.1) is 0 Å². The molecule has 1 unspecified atom stereocenters. The lowest BCUT2D eigenvalue weighted by atomic mass is 9.96. The molecule has 0 saturated heterocycles. The lowest BCUT2D eigenvalue weighted by Gasteiger charge is -2.11. The number of anilines is 1. The van der Waals surface area contributed by atoms with E-state index in [1.807, 2.05) is 6.92 Å². The molecule has 0 spiro atoms. The lowest BCUT2D eigenvalue weighted by molar-refractivity contribution is 0.644. The van der Waals surface area contributed by atoms with Gasteiger partial charge in [-0.05, 0) is 43.7 Å². The van der Waals surface area contributed by atoms with Gasteiger partial charge in [0.15, 0.2) is 0 Å². The van der Waals surface area contributed by atoms with Crippen molar-refractivity contribution in [3.63, 3.8) is 0 Å². The summed E-state index contributed by atoms with van der Waals surface area (Å²) in [5.74, 6) is 2.34. The molecule has 2 N–H and O–H groups in total. The molecule has 0 radical (unpaired) electrons. The van der Waals surface area contributed by atoms with Crippen molar-refractivity contribution >= 4 is 5.95 Å². The second kappa shape index (κ2) is 4.61. The summed E-state index contributed by atoms with van der Waals surface area (Å²) in [6, 6.07) is 6.73. The second-order valence-corrected chi connectivity index (χ2v) is 5.30. The van der Waals surface area contributed by atoms with Gasteiger partial charge in [0.2, 0.25) is 5.95 Å². The number of nitrogens with zero attached hydrogens (tertiary/aromatic N) is 3. The molecule has 0 fully saturated rings. The number of fused-ring (bicyclic) bond motifs is 1. The Labute approximate surface area is 113 Å². The van der Waals surface area contributed by atoms with Crippen molar-refractivity contribution in [2.24, 2.45) is 0 Å². The molecule has 4 nitrogen and oxygen atoms in total. The van der Waals surface area contributed by atoms with E-state index in [9.17, 15) is 0 Å². The molecule has 1 atom stereocenters. The summed E-state index contributed by atoms with van der Waals surface area (Å²) in [5.41, 5.74) is 9.93. The predicted molar refractivity (Wildman–Crippen MR) is 74.9 cm³/mol. The fourth-order valence-corrected chi connectivity index (χ4v) is 2.89. The van der Waals surface area contributed by atoms with Gasteiger partial charge in [-0.25, -0.2) is 4.98 Å². The van der Waals surface area contributed by atoms with Crippen molar-refractivity contribution in [2.45, 2.75) is 39.0 Å². The topological polar surface area (TPSA) is 64.7 Å². The third kappa shape index (κ3) is 2.43. The van der Waals surface area contributed by atoms with Gasteiger partial charge in [0.1, 0.15) is 11.6 Å². The standard InChI is InChI=1S/C15H18N4/c1-9-3-4-11-5-6-12(13(11)7-9)8-14-17-10(2)18-15(16)19-14/h3-4,7,12H,5-6,8H2,1-2H3,(H2,16,17,18,19). The van der Waals surface area contributed by atoms with Gasteiger partial charge in [-0.2, -0.15) is 9.97 Å². The molecule has 1 heterocycles. The average molecular weight is 254 g/mol. The Balaban J connectivity index is 1.88. The molecule has 19 heavy (non-hydrogen) atoms. The summed E-state index contributed by atoms with van der Waals surface area (Å²) in [4.78, 5) is 12.7. The molecule has 2 aromatic rings. The summed E-state index contributed by atoms with van der Waals surface area (Å²) < 4.78 is 0. The van der Waals surface area contributed by atoms with Gasteiger partial charge >= 0.3 is 0 Å². The molecule has 1 aromatic heterocycles. The molecule has 1 aromatic carbocycles. The largest absolute Gasteiger partial charge is 0.368 e. The number of benzene rings is 1. The zero-order valence-corrected chi connectivity index (χ0v) is 11.3. The zero-order chi connectivity index (χ0) is 13.4. The number of hydrogen-bond donors (Lipinski definition) is 1. The molecule has 0 amide bonds. The summed E-state index contributed by atoms with van der Waals surface area (Å²) in [5, 5.41) is 0. The normalized spacial score (nSPS) is 17.5. The van der Waals surface area contributed by atoms with Crippen molar-refractivity contribution in [1.29, 1.82) is 0 Å². The molecule has 0 saturated carbocycles. The maximum Gasteiger partial charge on any atom is 0.223 e. The van der Waals surface area contributed by atoms with Crippen LogP contribution in [0.1, 0.15) is 40.7 Å². The van der Waals surface area contributed by atoms with Gasteiger partial charge in [0, 0.05) is 6.42 Å². The Morgan fingerprint density at radius 2 is 2.05 bits per heavy atom. The number of nitrogens with two attached hydrogens (primary N) is 1. The minimum absolute atomic E-state index is 0.324. The molecule has 0 bridgehead atoms. The fraction of sp³-hybridized carbons (Fsp3) is 0.400. The van der Waals surface area contributed by atoms with Crippen LogP contribution in [0.25, 0.3) is 0 Å². The quantitative estimate of drug-likeness (QED) is 0.893. The van der Waals surface area contributed by atoms with E-state index in [1.54, 1.807) is 0 Å². The molecule has 98 valence electrons. The number of hydrogen-bond acceptors (Lipinski definition) is 4. The van der Waals surface area contributed by atoms with Gasteiger partial charge < -0.3 is 5.73 Å². The van der Waals surface area contributed by atoms with Crippen molar-refractivity contribution < 1.29 is 0 Å². The fourth-order valence-electron chi connectivity index (χ4n) is 2.89. The van der Waals surface area contributed by atoms with Crippen LogP contribution in [0.4, 0.5) is 5.95 Å². The van der Waals surface area contributed by atoms with E-state index < -0.39 is 0 Å². The van der Waals surface area contributed by atoms with Crippen LogP contribution >= 0.6 is 0 Å². The third-order valence-electron chi connectivity index (χ3n) is 3.74. The maximum absolute atomic E-state index is 5.69. The highest BCUT2D eigenvalue weighted by Gasteiger charge is 2.23. The van der Waals surface area contributed by atoms with Crippen molar-refractivity contribution in [2.75, 3.05) is 5.73 Å². The highest BCUT2D eigenvalue weighted by Crippen LogP contribution is 2.35. The van der Waals surface area contributed by atoms with E-state index in [0.29, 0.717) is 17.7 Å². The first kappa shape index (κ1) is 12.1. The molecule has 0 aliphatic heterocycles. The molecular weight excluding hydrogens is 236 g/mol. The van der Waals surface area contributed by atoms with E-state index in [1.165, 1.54) is 23.1 Å². The first-order chi connectivity index (χ1) is 9.11. The zero-order valence-electron chi connectivity index (χ0n) is 11.3. The van der Waals surface area contributed by atoms with E-state index in [0.717, 1.165) is 18.7 Å². The number of nitrogen functional groups attached to an aromatic ring is 1. The van der Waals surface area contributed by atoms with Crippen LogP contribution in [0.3, 0.4) is 0 Å². The average Bonchev–Trinajstić information content (AvgIpc) is 2.70. The molecule has 4 heteroatoms. The number of aryl methyl sites for hydroxylation is 3. The summed E-state index contributed by atoms with van der Waals surface area (Å²) in [7, 11) is 0. The van der Waals surface area contributed by atoms with Crippen LogP contribution in [0.2, 0.25) is 0 Å². The first-order valence-corrected chi connectivity index (χ1v) is 6.68. The SMILES string of the molecule is Cc1ccc2c(c1)C(Cc1nc(C)nc(N)n1)CC2. The van der Waals surface area contributed by atoms with Crippen LogP contribution in [0.15, 0.2) is 18.2 Å². The second-order valence-electron chi connectivity index (χ2n) is 5.30. The third-order valence-corrected chi connectivity index (χ3v) is 3.74. The summed E-state index contributed by atoms with van der Waals surface area (Å²) >= 11 is 0. The molecule has 3 rings (SSSR count). The Morgan fingerprint density at radius 1 is 1.21 bits per heavy atom. The van der Waals surface area contributed by atoms with Crippen molar-refractivity contribution in [1.82, 2.24) is 15.0 Å². The Morgan fingerprint density at radius 3 is 2.84 bits per heavy atom. The Hall–Kier alpha value is -1.97. The first-order valence-electron chi connectivity index (χ1n) is 6.68. The minimum atomic E-state index is 0.324. The highest BCUT2D eigenvalue weighted by molar-refractivity contribution is 5.38. The smallest absolute Gasteiger partial charge is 0.223 e. The van der Waals surface area contributed by atoms with Crippen molar-refractivity contribution in [3.8, 4) is 0 Å². The van der Waals surface area contributed by atoms with Gasteiger partial charge in [0.05, 0.1) is 0 Å². The monoisotopic (exact) mass is 254 g/mol. The highest BCUT2D eigenvalue weighted by atomic mass is 15.1. The minimum Gasteiger partial charge on any atom is -0.368 e. The maximum atomic E-state index is 5.69. The van der Waals surface area contributed by atoms with Gasteiger partial charge in [0.25, 0.3) is 0 Å². The Kier molecular flexibility index (Phi) is 2.93. The lowest BCUT2D eigenvalue weighted by Crippen LogP contribution is -2.08. The predicted octanol–water partition coefficient (Wildman–Crippen LogP) is 2.34. The van der Waals surface area contributed by atoms with E-state index in [2.05, 4.69) is 40.1 Å². The van der Waals surface area contributed by atoms with Gasteiger partial charge in [-0.1, -0.05) is 23.8 Å². The van der Waals surface area contributed by atoms with Gasteiger partial charge in [-0.3, -0.25) is 0 Å². The Bertz CT molecular complexity index is 601. The summed E-state index contributed by atoms with van der Waals surface area (Å²) in [6.07, 6.45) is 3.17. The molecule has 1 aliphatic carbocycles. The van der Waals surface area contributed by atoms with Crippen LogP contribution < -0.4 is 5.73 Å². The van der Waals surface area contributed by atoms with E-state index in [-0.39, 0.29) is 0 Å². The van der Waals surface area contributed by atoms with Crippen LogP contribution in [0.5, 0.6) is 0 Å². The van der Waals surface area contributed by atoms with Crippen LogP contribution in [-0.2, 0) is 12.8 Å². The van der Waals surface area contributed by atoms with E-state index in [4.69, 9.17) is 5.73 Å². The number of aromatic nitrogens is 3. The number of rotatable bonds is 2. The molecular formula is C15H18N4. The van der Waals surface area contributed by atoms with Crippen LogP contribution in [-0.4, -0.2) is 15.0 Å². The summed E-state index contributed by atoms with van der Waals surface area (Å²) in [6.45, 7) is 4.00. The van der Waals surface area contributed by atoms with Crippen LogP contribution in [0, 0.1) is 13.8 Å². The van der Waals surface area contributed by atoms with Crippen molar-refractivity contribution in [3.05, 3.63) is 46.5 Å².